The van der Waals surface area contributed by atoms with Crippen molar-refractivity contribution in [2.45, 2.75) is 32.0 Å². The topological polar surface area (TPSA) is 77.7 Å². The number of pyridine rings is 1. The van der Waals surface area contributed by atoms with Crippen LogP contribution in [0.2, 0.25) is 0 Å². The lowest BCUT2D eigenvalue weighted by Gasteiger charge is -2.50. The molecule has 26 heavy (non-hydrogen) atoms. The fourth-order valence-electron chi connectivity index (χ4n) is 3.82. The number of hydrogen-bond donors (Lipinski definition) is 0. The predicted octanol–water partition coefficient (Wildman–Crippen LogP) is 2.22. The number of oxazole rings is 1. The summed E-state index contributed by atoms with van der Waals surface area (Å²) in [5.41, 5.74) is 1.34. The summed E-state index contributed by atoms with van der Waals surface area (Å²) >= 11 is 0. The van der Waals surface area contributed by atoms with Gasteiger partial charge in [-0.15, -0.1) is 0 Å². The van der Waals surface area contributed by atoms with Crippen molar-refractivity contribution in [3.05, 3.63) is 47.9 Å². The minimum Gasteiger partial charge on any atom is -0.438 e. The first-order chi connectivity index (χ1) is 12.7. The molecule has 7 heteroatoms. The molecule has 2 aromatic rings. The van der Waals surface area contributed by atoms with Crippen LogP contribution in [0.1, 0.15) is 34.8 Å². The Balaban J connectivity index is 1.26. The van der Waals surface area contributed by atoms with Crippen molar-refractivity contribution in [1.82, 2.24) is 14.9 Å². The maximum absolute atomic E-state index is 12.5. The second kappa shape index (κ2) is 7.17. The van der Waals surface area contributed by atoms with Gasteiger partial charge in [0.2, 0.25) is 5.76 Å². The van der Waals surface area contributed by atoms with Gasteiger partial charge >= 0.3 is 0 Å². The Kier molecular flexibility index (Phi) is 4.74. The molecule has 1 spiro atoms. The van der Waals surface area contributed by atoms with Crippen molar-refractivity contribution in [3.63, 3.8) is 0 Å². The smallest absolute Gasteiger partial charge is 0.291 e. The highest BCUT2D eigenvalue weighted by Gasteiger charge is 2.54. The summed E-state index contributed by atoms with van der Waals surface area (Å²) in [5, 5.41) is 0. The third-order valence-electron chi connectivity index (χ3n) is 5.33. The zero-order chi connectivity index (χ0) is 18.0. The highest BCUT2D eigenvalue weighted by molar-refractivity contribution is 5.93. The Morgan fingerprint density at radius 1 is 1.38 bits per heavy atom. The minimum atomic E-state index is -0.224. The van der Waals surface area contributed by atoms with Crippen LogP contribution in [0.15, 0.2) is 35.2 Å². The first kappa shape index (κ1) is 17.2. The third-order valence-corrected chi connectivity index (χ3v) is 5.33. The Bertz CT molecular complexity index is 755. The molecule has 1 amide bonds. The third kappa shape index (κ3) is 3.24. The van der Waals surface area contributed by atoms with E-state index in [1.165, 1.54) is 6.39 Å². The largest absolute Gasteiger partial charge is 0.438 e. The Hall–Kier alpha value is -2.25. The molecule has 0 unspecified atom stereocenters. The van der Waals surface area contributed by atoms with E-state index in [4.69, 9.17) is 13.9 Å². The molecule has 2 saturated heterocycles. The minimum absolute atomic E-state index is 0.105. The van der Waals surface area contributed by atoms with Crippen molar-refractivity contribution in [2.75, 3.05) is 26.3 Å². The number of rotatable bonds is 6. The van der Waals surface area contributed by atoms with E-state index in [0.29, 0.717) is 43.7 Å². The molecule has 4 heterocycles. The van der Waals surface area contributed by atoms with Crippen LogP contribution in [0, 0.1) is 12.8 Å². The summed E-state index contributed by atoms with van der Waals surface area (Å²) in [7, 11) is 0. The summed E-state index contributed by atoms with van der Waals surface area (Å²) in [6.07, 6.45) is 5.02. The van der Waals surface area contributed by atoms with Crippen LogP contribution in [0.3, 0.4) is 0 Å². The normalized spacial score (nSPS) is 21.1. The Morgan fingerprint density at radius 3 is 3.00 bits per heavy atom. The Labute approximate surface area is 152 Å². The molecule has 7 nitrogen and oxygen atoms in total. The van der Waals surface area contributed by atoms with Gasteiger partial charge in [-0.2, -0.15) is 0 Å². The lowest BCUT2D eigenvalue weighted by Crippen LogP contribution is -2.66. The van der Waals surface area contributed by atoms with Gasteiger partial charge in [0.1, 0.15) is 5.60 Å². The van der Waals surface area contributed by atoms with Gasteiger partial charge < -0.3 is 18.8 Å². The van der Waals surface area contributed by atoms with Crippen molar-refractivity contribution in [1.29, 1.82) is 0 Å². The maximum atomic E-state index is 12.5. The van der Waals surface area contributed by atoms with E-state index in [9.17, 15) is 4.79 Å². The molecule has 0 aromatic carbocycles. The van der Waals surface area contributed by atoms with Gasteiger partial charge in [0.25, 0.3) is 5.91 Å². The van der Waals surface area contributed by atoms with Crippen molar-refractivity contribution in [2.24, 2.45) is 5.92 Å². The summed E-state index contributed by atoms with van der Waals surface area (Å²) in [6, 6.07) is 5.82. The molecular weight excluding hydrogens is 334 g/mol. The van der Waals surface area contributed by atoms with Gasteiger partial charge in [0, 0.05) is 19.4 Å². The van der Waals surface area contributed by atoms with Crippen LogP contribution in [0.4, 0.5) is 0 Å². The summed E-state index contributed by atoms with van der Waals surface area (Å²) in [6.45, 7) is 4.93. The van der Waals surface area contributed by atoms with Gasteiger partial charge in [0.05, 0.1) is 31.1 Å². The highest BCUT2D eigenvalue weighted by atomic mass is 16.5. The maximum Gasteiger partial charge on any atom is 0.291 e. The second-order valence-electron chi connectivity index (χ2n) is 6.99. The zero-order valence-electron chi connectivity index (χ0n) is 14.9. The Morgan fingerprint density at radius 2 is 2.27 bits per heavy atom. The van der Waals surface area contributed by atoms with Crippen molar-refractivity contribution >= 4 is 5.91 Å². The van der Waals surface area contributed by atoms with Crippen LogP contribution < -0.4 is 0 Å². The number of carbonyl (C=O) groups is 1. The lowest BCUT2D eigenvalue weighted by atomic mass is 9.79. The van der Waals surface area contributed by atoms with Crippen molar-refractivity contribution < 1.29 is 18.7 Å². The van der Waals surface area contributed by atoms with Crippen LogP contribution in [0.5, 0.6) is 0 Å². The highest BCUT2D eigenvalue weighted by Crippen LogP contribution is 2.42. The quantitative estimate of drug-likeness (QED) is 0.738. The molecule has 0 N–H and O–H groups in total. The zero-order valence-corrected chi connectivity index (χ0v) is 14.9. The molecule has 0 radical (unpaired) electrons. The summed E-state index contributed by atoms with van der Waals surface area (Å²) in [4.78, 5) is 22.5. The van der Waals surface area contributed by atoms with E-state index < -0.39 is 0 Å². The molecule has 2 aliphatic rings. The number of aryl methyl sites for hydroxylation is 1. The molecule has 2 aromatic heterocycles. The van der Waals surface area contributed by atoms with Gasteiger partial charge in [-0.3, -0.25) is 9.78 Å². The van der Waals surface area contributed by atoms with E-state index >= 15 is 0 Å². The van der Waals surface area contributed by atoms with E-state index in [1.54, 1.807) is 18.0 Å². The molecular formula is C19H23N3O4. The van der Waals surface area contributed by atoms with E-state index in [-0.39, 0.29) is 11.5 Å². The lowest BCUT2D eigenvalue weighted by molar-refractivity contribution is -0.121. The molecule has 4 rings (SSSR count). The van der Waals surface area contributed by atoms with Gasteiger partial charge in [0.15, 0.2) is 6.39 Å². The van der Waals surface area contributed by atoms with Gasteiger partial charge in [-0.05, 0) is 37.8 Å². The number of amides is 1. The first-order valence-electron chi connectivity index (χ1n) is 8.99. The standard InChI is InChI=1S/C19H23N3O4/c1-14-17(25-13-21-14)18(23)22-11-19(12-22)15(6-9-26-19)5-8-24-10-16-4-2-3-7-20-16/h2-4,7,13,15H,5-6,8-12H2,1H3/t15-/m1/s1. The van der Waals surface area contributed by atoms with E-state index in [0.717, 1.165) is 25.1 Å². The van der Waals surface area contributed by atoms with Gasteiger partial charge in [-0.25, -0.2) is 4.98 Å². The number of hydrogen-bond acceptors (Lipinski definition) is 6. The average molecular weight is 357 g/mol. The fourth-order valence-corrected chi connectivity index (χ4v) is 3.82. The monoisotopic (exact) mass is 357 g/mol. The summed E-state index contributed by atoms with van der Waals surface area (Å²) in [5.74, 6) is 0.630. The number of nitrogens with zero attached hydrogens (tertiary/aromatic N) is 3. The van der Waals surface area contributed by atoms with Crippen LogP contribution in [0.25, 0.3) is 0 Å². The van der Waals surface area contributed by atoms with Crippen LogP contribution in [-0.4, -0.2) is 52.7 Å². The van der Waals surface area contributed by atoms with Crippen LogP contribution in [-0.2, 0) is 16.1 Å². The predicted molar refractivity (Wildman–Crippen MR) is 92.4 cm³/mol. The number of ether oxygens (including phenoxy) is 2. The van der Waals surface area contributed by atoms with Crippen molar-refractivity contribution in [3.8, 4) is 0 Å². The van der Waals surface area contributed by atoms with E-state index in [2.05, 4.69) is 9.97 Å². The molecule has 0 aliphatic carbocycles. The summed E-state index contributed by atoms with van der Waals surface area (Å²) < 4.78 is 17.0. The molecule has 2 fully saturated rings. The second-order valence-corrected chi connectivity index (χ2v) is 6.99. The number of likely N-dealkylation sites (tertiary alicyclic amines) is 1. The molecule has 138 valence electrons. The van der Waals surface area contributed by atoms with E-state index in [1.807, 2.05) is 18.2 Å². The molecule has 0 bridgehead atoms. The first-order valence-corrected chi connectivity index (χ1v) is 8.99. The molecule has 1 atom stereocenters. The van der Waals surface area contributed by atoms with Gasteiger partial charge in [-0.1, -0.05) is 6.07 Å². The SMILES string of the molecule is Cc1ncoc1C(=O)N1CC2(C1)OCC[C@H]2CCOCc1ccccn1. The number of carbonyl (C=O) groups excluding carboxylic acids is 1. The molecule has 2 aliphatic heterocycles. The fraction of sp³-hybridized carbons (Fsp3) is 0.526. The van der Waals surface area contributed by atoms with Crippen LogP contribution >= 0.6 is 0 Å². The molecule has 0 saturated carbocycles. The average Bonchev–Trinajstić information content (AvgIpc) is 3.24. The number of aromatic nitrogens is 2.